The van der Waals surface area contributed by atoms with Gasteiger partial charge in [0.05, 0.1) is 23.7 Å². The molecule has 3 heterocycles. The predicted octanol–water partition coefficient (Wildman–Crippen LogP) is 3.72. The third-order valence-electron chi connectivity index (χ3n) is 6.16. The van der Waals surface area contributed by atoms with Crippen molar-refractivity contribution in [2.24, 2.45) is 4.99 Å². The smallest absolute Gasteiger partial charge is 0.338 e. The molecule has 0 saturated carbocycles. The van der Waals surface area contributed by atoms with Gasteiger partial charge in [-0.3, -0.25) is 9.59 Å². The minimum absolute atomic E-state index is 0.0155. The predicted molar refractivity (Wildman–Crippen MR) is 136 cm³/mol. The molecular formula is C25H27ClN4O4S. The second-order valence-corrected chi connectivity index (χ2v) is 9.61. The number of piperazine rings is 1. The first-order valence-electron chi connectivity index (χ1n) is 11.3. The second-order valence-electron chi connectivity index (χ2n) is 8.37. The zero-order valence-corrected chi connectivity index (χ0v) is 21.3. The average molecular weight is 515 g/mol. The topological polar surface area (TPSA) is 82.5 Å². The minimum atomic E-state index is -0.586. The summed E-state index contributed by atoms with van der Waals surface area (Å²) < 4.78 is 5.39. The Morgan fingerprint density at radius 2 is 1.89 bits per heavy atom. The van der Waals surface area contributed by atoms with E-state index >= 15 is 0 Å². The number of fused-ring (bicyclic) bond motifs is 1. The van der Waals surface area contributed by atoms with E-state index in [1.807, 2.05) is 28.5 Å². The van der Waals surface area contributed by atoms with Crippen LogP contribution in [0.15, 0.2) is 64.3 Å². The van der Waals surface area contributed by atoms with Crippen LogP contribution in [0.1, 0.15) is 31.9 Å². The molecule has 1 aromatic rings. The van der Waals surface area contributed by atoms with Crippen molar-refractivity contribution in [3.05, 3.63) is 69.9 Å². The number of amides is 2. The van der Waals surface area contributed by atoms with Crippen LogP contribution < -0.4 is 0 Å². The van der Waals surface area contributed by atoms with E-state index in [2.05, 4.69) is 11.6 Å². The molecule has 0 N–H and O–H groups in total. The van der Waals surface area contributed by atoms with Crippen LogP contribution in [0.5, 0.6) is 0 Å². The summed E-state index contributed by atoms with van der Waals surface area (Å²) in [5, 5.41) is 3.08. The highest BCUT2D eigenvalue weighted by Gasteiger charge is 2.42. The van der Waals surface area contributed by atoms with E-state index < -0.39 is 12.0 Å². The number of carbonyl (C=O) groups is 3. The molecule has 8 nitrogen and oxygen atoms in total. The van der Waals surface area contributed by atoms with Crippen LogP contribution in [0.2, 0.25) is 5.02 Å². The Balaban J connectivity index is 1.62. The standard InChI is InChI=1S/C25H27ClN4O4S/c1-4-13-34-24(33)22-16(2)27-25-30(23(22)19-7-5-6-8-20(19)26)18(15-35-25)14-21(32)29-11-9-28(10-12-29)17(3)31/h4-8,15,23H,1,9-14H2,2-3H3. The monoisotopic (exact) mass is 514 g/mol. The summed E-state index contributed by atoms with van der Waals surface area (Å²) >= 11 is 8.01. The van der Waals surface area contributed by atoms with Gasteiger partial charge in [0.2, 0.25) is 11.8 Å². The van der Waals surface area contributed by atoms with Gasteiger partial charge in [-0.15, -0.1) is 0 Å². The number of hydrogen-bond donors (Lipinski definition) is 0. The number of amidine groups is 1. The highest BCUT2D eigenvalue weighted by molar-refractivity contribution is 8.16. The van der Waals surface area contributed by atoms with Crippen LogP contribution in [0.3, 0.4) is 0 Å². The lowest BCUT2D eigenvalue weighted by atomic mass is 9.93. The van der Waals surface area contributed by atoms with Crippen molar-refractivity contribution in [1.82, 2.24) is 14.7 Å². The number of nitrogens with zero attached hydrogens (tertiary/aromatic N) is 4. The number of carbonyl (C=O) groups excluding carboxylic acids is 3. The summed E-state index contributed by atoms with van der Waals surface area (Å²) in [6.45, 7) is 9.03. The van der Waals surface area contributed by atoms with Gasteiger partial charge in [-0.2, -0.15) is 0 Å². The quantitative estimate of drug-likeness (QED) is 0.425. The molecule has 3 aliphatic rings. The highest BCUT2D eigenvalue weighted by atomic mass is 35.5. The fourth-order valence-corrected chi connectivity index (χ4v) is 5.58. The van der Waals surface area contributed by atoms with E-state index in [-0.39, 0.29) is 24.8 Å². The van der Waals surface area contributed by atoms with Gasteiger partial charge >= 0.3 is 5.97 Å². The number of allylic oxidation sites excluding steroid dienone is 1. The summed E-state index contributed by atoms with van der Waals surface area (Å²) in [5.41, 5.74) is 2.38. The summed E-state index contributed by atoms with van der Waals surface area (Å²) in [6.07, 6.45) is 1.65. The normalized spacial score (nSPS) is 19.7. The summed E-state index contributed by atoms with van der Waals surface area (Å²) in [5.74, 6) is -0.527. The van der Waals surface area contributed by atoms with Gasteiger partial charge in [0, 0.05) is 43.8 Å². The van der Waals surface area contributed by atoms with E-state index in [0.717, 1.165) is 11.3 Å². The van der Waals surface area contributed by atoms with Crippen molar-refractivity contribution >= 4 is 46.3 Å². The summed E-state index contributed by atoms with van der Waals surface area (Å²) in [6, 6.07) is 6.75. The van der Waals surface area contributed by atoms with Gasteiger partial charge in [0.1, 0.15) is 6.61 Å². The lowest BCUT2D eigenvalue weighted by Gasteiger charge is -2.38. The molecule has 0 radical (unpaired) electrons. The maximum Gasteiger partial charge on any atom is 0.338 e. The first-order valence-corrected chi connectivity index (χ1v) is 12.6. The van der Waals surface area contributed by atoms with Gasteiger partial charge in [-0.05, 0) is 24.0 Å². The molecule has 10 heteroatoms. The van der Waals surface area contributed by atoms with Gasteiger partial charge in [-0.25, -0.2) is 9.79 Å². The SMILES string of the molecule is C=CCOC(=O)C1=C(C)N=C2SC=C(CC(=O)N3CCN(C(C)=O)CC3)N2C1c1ccccc1Cl. The highest BCUT2D eigenvalue weighted by Crippen LogP contribution is 2.46. The first-order chi connectivity index (χ1) is 16.8. The van der Waals surface area contributed by atoms with Gasteiger partial charge in [0.15, 0.2) is 5.17 Å². The Morgan fingerprint density at radius 1 is 1.20 bits per heavy atom. The number of halogens is 1. The molecular weight excluding hydrogens is 488 g/mol. The largest absolute Gasteiger partial charge is 0.458 e. The molecule has 1 atom stereocenters. The fraction of sp³-hybridized carbons (Fsp3) is 0.360. The third kappa shape index (κ3) is 5.16. The molecule has 1 fully saturated rings. The number of rotatable bonds is 6. The first kappa shape index (κ1) is 25.1. The zero-order chi connectivity index (χ0) is 25.1. The molecule has 4 rings (SSSR count). The maximum atomic E-state index is 13.2. The molecule has 1 saturated heterocycles. The molecule has 1 aromatic carbocycles. The molecule has 1 unspecified atom stereocenters. The molecule has 2 amide bonds. The Bertz CT molecular complexity index is 1150. The van der Waals surface area contributed by atoms with Crippen molar-refractivity contribution in [2.45, 2.75) is 26.3 Å². The van der Waals surface area contributed by atoms with Crippen LogP contribution in [0.25, 0.3) is 0 Å². The molecule has 3 aliphatic heterocycles. The second kappa shape index (κ2) is 10.7. The van der Waals surface area contributed by atoms with Crippen molar-refractivity contribution in [1.29, 1.82) is 0 Å². The zero-order valence-electron chi connectivity index (χ0n) is 19.7. The summed E-state index contributed by atoms with van der Waals surface area (Å²) in [7, 11) is 0. The molecule has 0 bridgehead atoms. The average Bonchev–Trinajstić information content (AvgIpc) is 3.24. The Hall–Kier alpha value is -3.04. The van der Waals surface area contributed by atoms with Crippen molar-refractivity contribution in [2.75, 3.05) is 32.8 Å². The van der Waals surface area contributed by atoms with Gasteiger partial charge in [0.25, 0.3) is 0 Å². The molecule has 0 aliphatic carbocycles. The van der Waals surface area contributed by atoms with Crippen molar-refractivity contribution in [3.8, 4) is 0 Å². The molecule has 35 heavy (non-hydrogen) atoms. The van der Waals surface area contributed by atoms with Gasteiger partial charge in [-0.1, -0.05) is 54.2 Å². The van der Waals surface area contributed by atoms with Gasteiger partial charge < -0.3 is 19.4 Å². The van der Waals surface area contributed by atoms with Crippen LogP contribution in [-0.4, -0.2) is 70.4 Å². The van der Waals surface area contributed by atoms with Crippen molar-refractivity contribution < 1.29 is 19.1 Å². The van der Waals surface area contributed by atoms with E-state index in [4.69, 9.17) is 16.3 Å². The lowest BCUT2D eigenvalue weighted by molar-refractivity contribution is -0.138. The molecule has 184 valence electrons. The van der Waals surface area contributed by atoms with E-state index in [9.17, 15) is 14.4 Å². The summed E-state index contributed by atoms with van der Waals surface area (Å²) in [4.78, 5) is 48.0. The Labute approximate surface area is 213 Å². The van der Waals surface area contributed by atoms with E-state index in [1.54, 1.807) is 22.8 Å². The van der Waals surface area contributed by atoms with Crippen LogP contribution >= 0.6 is 23.4 Å². The van der Waals surface area contributed by atoms with E-state index in [0.29, 0.717) is 47.6 Å². The van der Waals surface area contributed by atoms with Crippen LogP contribution in [-0.2, 0) is 19.1 Å². The number of ether oxygens (including phenoxy) is 1. The van der Waals surface area contributed by atoms with Crippen molar-refractivity contribution in [3.63, 3.8) is 0 Å². The maximum absolute atomic E-state index is 13.2. The number of hydrogen-bond acceptors (Lipinski definition) is 7. The van der Waals surface area contributed by atoms with E-state index in [1.165, 1.54) is 24.8 Å². The lowest BCUT2D eigenvalue weighted by Crippen LogP contribution is -2.50. The Kier molecular flexibility index (Phi) is 7.66. The number of benzene rings is 1. The number of aliphatic imine (C=N–C) groups is 1. The Morgan fingerprint density at radius 3 is 2.54 bits per heavy atom. The third-order valence-corrected chi connectivity index (χ3v) is 7.40. The molecule has 0 spiro atoms. The van der Waals surface area contributed by atoms with Crippen LogP contribution in [0.4, 0.5) is 0 Å². The molecule has 0 aromatic heterocycles. The number of thioether (sulfide) groups is 1. The number of esters is 1. The van der Waals surface area contributed by atoms with Crippen LogP contribution in [0, 0.1) is 0 Å². The minimum Gasteiger partial charge on any atom is -0.458 e. The fourth-order valence-electron chi connectivity index (χ4n) is 4.37.